The second kappa shape index (κ2) is 3.98. The Hall–Kier alpha value is -1.42. The molecule has 2 N–H and O–H groups in total. The van der Waals surface area contributed by atoms with Crippen LogP contribution in [0.5, 0.6) is 0 Å². The Kier molecular flexibility index (Phi) is 2.68. The molecule has 0 fully saturated rings. The zero-order valence-electron chi connectivity index (χ0n) is 8.65. The SMILES string of the molecule is Cc1ccc(N)c(Sc2ccoc2C)n1. The van der Waals surface area contributed by atoms with Gasteiger partial charge in [0.15, 0.2) is 0 Å². The molecular weight excluding hydrogens is 208 g/mol. The van der Waals surface area contributed by atoms with E-state index in [1.54, 1.807) is 6.26 Å². The Balaban J connectivity index is 2.32. The summed E-state index contributed by atoms with van der Waals surface area (Å²) in [6.45, 7) is 3.88. The number of anilines is 1. The predicted molar refractivity (Wildman–Crippen MR) is 61.0 cm³/mol. The van der Waals surface area contributed by atoms with Crippen molar-refractivity contribution in [1.82, 2.24) is 4.98 Å². The molecule has 2 aromatic rings. The lowest BCUT2D eigenvalue weighted by Gasteiger charge is -2.04. The number of hydrogen-bond acceptors (Lipinski definition) is 4. The van der Waals surface area contributed by atoms with Crippen molar-refractivity contribution in [2.45, 2.75) is 23.8 Å². The molecule has 2 rings (SSSR count). The number of nitrogens with two attached hydrogens (primary N) is 1. The molecule has 2 heterocycles. The van der Waals surface area contributed by atoms with Crippen LogP contribution in [0.1, 0.15) is 11.5 Å². The maximum atomic E-state index is 5.84. The summed E-state index contributed by atoms with van der Waals surface area (Å²) in [6.07, 6.45) is 1.67. The van der Waals surface area contributed by atoms with Gasteiger partial charge >= 0.3 is 0 Å². The first-order valence-electron chi connectivity index (χ1n) is 4.62. The van der Waals surface area contributed by atoms with E-state index in [2.05, 4.69) is 4.98 Å². The first-order valence-corrected chi connectivity index (χ1v) is 5.43. The minimum absolute atomic E-state index is 0.700. The van der Waals surface area contributed by atoms with Gasteiger partial charge in [-0.15, -0.1) is 0 Å². The van der Waals surface area contributed by atoms with Gasteiger partial charge in [0.1, 0.15) is 10.8 Å². The van der Waals surface area contributed by atoms with Crippen molar-refractivity contribution in [1.29, 1.82) is 0 Å². The topological polar surface area (TPSA) is 52.0 Å². The molecule has 2 aromatic heterocycles. The lowest BCUT2D eigenvalue weighted by molar-refractivity contribution is 0.527. The van der Waals surface area contributed by atoms with Crippen LogP contribution in [-0.2, 0) is 0 Å². The molecule has 0 saturated heterocycles. The monoisotopic (exact) mass is 220 g/mol. The number of aromatic nitrogens is 1. The normalized spacial score (nSPS) is 10.5. The number of rotatable bonds is 2. The van der Waals surface area contributed by atoms with Crippen LogP contribution in [-0.4, -0.2) is 4.98 Å². The van der Waals surface area contributed by atoms with Crippen molar-refractivity contribution in [2.75, 3.05) is 5.73 Å². The molecule has 0 aliphatic rings. The predicted octanol–water partition coefficient (Wildman–Crippen LogP) is 3.02. The summed E-state index contributed by atoms with van der Waals surface area (Å²) >= 11 is 1.53. The lowest BCUT2D eigenvalue weighted by atomic mass is 10.3. The third-order valence-electron chi connectivity index (χ3n) is 2.05. The van der Waals surface area contributed by atoms with Gasteiger partial charge in [0.05, 0.1) is 16.8 Å². The second-order valence-corrected chi connectivity index (χ2v) is 4.32. The zero-order chi connectivity index (χ0) is 10.8. The molecule has 0 aliphatic carbocycles. The molecule has 0 aromatic carbocycles. The number of furan rings is 1. The van der Waals surface area contributed by atoms with Crippen molar-refractivity contribution in [2.24, 2.45) is 0 Å². The standard InChI is InChI=1S/C11H12N2OS/c1-7-3-4-9(12)11(13-7)15-10-5-6-14-8(10)2/h3-6H,12H2,1-2H3. The summed E-state index contributed by atoms with van der Waals surface area (Å²) in [5.74, 6) is 0.891. The first-order chi connectivity index (χ1) is 7.16. The number of hydrogen-bond donors (Lipinski definition) is 1. The summed E-state index contributed by atoms with van der Waals surface area (Å²) in [6, 6.07) is 5.70. The van der Waals surface area contributed by atoms with E-state index in [4.69, 9.17) is 10.2 Å². The van der Waals surface area contributed by atoms with Crippen molar-refractivity contribution in [3.8, 4) is 0 Å². The number of nitrogens with zero attached hydrogens (tertiary/aromatic N) is 1. The van der Waals surface area contributed by atoms with E-state index in [1.165, 1.54) is 11.8 Å². The Morgan fingerprint density at radius 2 is 2.07 bits per heavy atom. The quantitative estimate of drug-likeness (QED) is 0.845. The average molecular weight is 220 g/mol. The Morgan fingerprint density at radius 3 is 2.73 bits per heavy atom. The largest absolute Gasteiger partial charge is 0.468 e. The molecule has 0 aliphatic heterocycles. The summed E-state index contributed by atoms with van der Waals surface area (Å²) in [5, 5.41) is 0.833. The lowest BCUT2D eigenvalue weighted by Crippen LogP contribution is -1.93. The van der Waals surface area contributed by atoms with E-state index in [0.29, 0.717) is 5.69 Å². The molecule has 0 bridgehead atoms. The van der Waals surface area contributed by atoms with Crippen LogP contribution < -0.4 is 5.73 Å². The molecule has 0 spiro atoms. The van der Waals surface area contributed by atoms with Crippen LogP contribution >= 0.6 is 11.8 Å². The highest BCUT2D eigenvalue weighted by molar-refractivity contribution is 7.99. The van der Waals surface area contributed by atoms with Gasteiger partial charge in [0.2, 0.25) is 0 Å². The van der Waals surface area contributed by atoms with Crippen molar-refractivity contribution in [3.63, 3.8) is 0 Å². The Labute approximate surface area is 92.7 Å². The van der Waals surface area contributed by atoms with Gasteiger partial charge in [-0.3, -0.25) is 0 Å². The van der Waals surface area contributed by atoms with Crippen LogP contribution in [0, 0.1) is 13.8 Å². The maximum Gasteiger partial charge on any atom is 0.124 e. The minimum atomic E-state index is 0.700. The van der Waals surface area contributed by atoms with Crippen LogP contribution in [0.2, 0.25) is 0 Å². The fourth-order valence-electron chi connectivity index (χ4n) is 1.21. The smallest absolute Gasteiger partial charge is 0.124 e. The van der Waals surface area contributed by atoms with E-state index in [9.17, 15) is 0 Å². The van der Waals surface area contributed by atoms with E-state index in [-0.39, 0.29) is 0 Å². The van der Waals surface area contributed by atoms with Gasteiger partial charge in [-0.1, -0.05) is 11.8 Å². The van der Waals surface area contributed by atoms with Gasteiger partial charge < -0.3 is 10.2 Å². The highest BCUT2D eigenvalue weighted by Crippen LogP contribution is 2.32. The minimum Gasteiger partial charge on any atom is -0.468 e. The van der Waals surface area contributed by atoms with Gasteiger partial charge in [0.25, 0.3) is 0 Å². The number of nitrogen functional groups attached to an aromatic ring is 1. The number of aryl methyl sites for hydroxylation is 2. The third-order valence-corrected chi connectivity index (χ3v) is 3.21. The fourth-order valence-corrected chi connectivity index (χ4v) is 2.11. The highest BCUT2D eigenvalue weighted by atomic mass is 32.2. The molecule has 0 amide bonds. The van der Waals surface area contributed by atoms with Gasteiger partial charge in [-0.2, -0.15) is 0 Å². The summed E-state index contributed by atoms with van der Waals surface area (Å²) in [4.78, 5) is 5.44. The zero-order valence-corrected chi connectivity index (χ0v) is 9.47. The Morgan fingerprint density at radius 1 is 1.27 bits per heavy atom. The molecule has 0 radical (unpaired) electrons. The number of pyridine rings is 1. The average Bonchev–Trinajstić information content (AvgIpc) is 2.58. The highest BCUT2D eigenvalue weighted by Gasteiger charge is 2.07. The van der Waals surface area contributed by atoms with Crippen molar-refractivity contribution in [3.05, 3.63) is 35.9 Å². The van der Waals surface area contributed by atoms with Crippen molar-refractivity contribution >= 4 is 17.4 Å². The second-order valence-electron chi connectivity index (χ2n) is 3.29. The third kappa shape index (κ3) is 2.15. The summed E-state index contributed by atoms with van der Waals surface area (Å²) < 4.78 is 5.22. The molecule has 0 unspecified atom stereocenters. The molecule has 0 atom stereocenters. The van der Waals surface area contributed by atoms with Gasteiger partial charge in [-0.05, 0) is 32.0 Å². The molecular formula is C11H12N2OS. The summed E-state index contributed by atoms with van der Waals surface area (Å²) in [5.41, 5.74) is 7.51. The molecule has 78 valence electrons. The fraction of sp³-hybridized carbons (Fsp3) is 0.182. The van der Waals surface area contributed by atoms with Crippen LogP contribution in [0.15, 0.2) is 38.8 Å². The van der Waals surface area contributed by atoms with E-state index >= 15 is 0 Å². The summed E-state index contributed by atoms with van der Waals surface area (Å²) in [7, 11) is 0. The van der Waals surface area contributed by atoms with Crippen molar-refractivity contribution < 1.29 is 4.42 Å². The van der Waals surface area contributed by atoms with E-state index < -0.39 is 0 Å². The Bertz CT molecular complexity index is 479. The molecule has 15 heavy (non-hydrogen) atoms. The molecule has 0 saturated carbocycles. The van der Waals surface area contributed by atoms with Gasteiger partial charge in [-0.25, -0.2) is 4.98 Å². The molecule has 4 heteroatoms. The first kappa shape index (κ1) is 10.1. The molecule has 3 nitrogen and oxygen atoms in total. The van der Waals surface area contributed by atoms with Crippen LogP contribution in [0.3, 0.4) is 0 Å². The van der Waals surface area contributed by atoms with Crippen LogP contribution in [0.25, 0.3) is 0 Å². The van der Waals surface area contributed by atoms with Gasteiger partial charge in [0, 0.05) is 5.69 Å². The van der Waals surface area contributed by atoms with E-state index in [0.717, 1.165) is 21.4 Å². The van der Waals surface area contributed by atoms with E-state index in [1.807, 2.05) is 32.0 Å². The maximum absolute atomic E-state index is 5.84. The van der Waals surface area contributed by atoms with Crippen LogP contribution in [0.4, 0.5) is 5.69 Å².